The maximum atomic E-state index is 12.1. The van der Waals surface area contributed by atoms with Crippen molar-refractivity contribution in [2.45, 2.75) is 12.0 Å². The third-order valence-electron chi connectivity index (χ3n) is 4.61. The van der Waals surface area contributed by atoms with E-state index in [9.17, 15) is 4.79 Å². The number of rotatable bonds is 6. The molecule has 7 heteroatoms. The minimum atomic E-state index is -0.591. The molecular weight excluding hydrogens is 332 g/mol. The summed E-state index contributed by atoms with van der Waals surface area (Å²) in [4.78, 5) is 17.9. The van der Waals surface area contributed by atoms with Gasteiger partial charge in [-0.05, 0) is 29.8 Å². The number of primary amides is 1. The number of hydrogen-bond acceptors (Lipinski definition) is 5. The molecule has 1 saturated heterocycles. The zero-order valence-electron chi connectivity index (χ0n) is 14.9. The molecule has 3 rings (SSSR count). The number of nitrogens with one attached hydrogen (secondary N) is 1. The van der Waals surface area contributed by atoms with Crippen LogP contribution >= 0.6 is 0 Å². The van der Waals surface area contributed by atoms with E-state index < -0.39 is 11.6 Å². The highest BCUT2D eigenvalue weighted by Crippen LogP contribution is 2.26. The van der Waals surface area contributed by atoms with Crippen LogP contribution in [0.2, 0.25) is 0 Å². The van der Waals surface area contributed by atoms with Gasteiger partial charge >= 0.3 is 6.03 Å². The van der Waals surface area contributed by atoms with Crippen LogP contribution in [0.4, 0.5) is 4.79 Å². The number of amides is 2. The Hall–Kier alpha value is -2.80. The molecule has 3 N–H and O–H groups in total. The number of methoxy groups -OCH3 is 1. The number of ether oxygens (including phenoxy) is 2. The number of nitrogens with zero attached hydrogens (tertiary/aromatic N) is 2. The number of carbonyl (C=O) groups excluding carboxylic acids is 1. The fourth-order valence-electron chi connectivity index (χ4n) is 3.34. The Labute approximate surface area is 153 Å². The first-order chi connectivity index (χ1) is 12.6. The molecule has 0 aliphatic carbocycles. The van der Waals surface area contributed by atoms with Crippen LogP contribution in [0, 0.1) is 0 Å². The Balaban J connectivity index is 1.88. The highest BCUT2D eigenvalue weighted by molar-refractivity contribution is 5.73. The maximum absolute atomic E-state index is 12.1. The van der Waals surface area contributed by atoms with Crippen molar-refractivity contribution in [3.8, 4) is 11.5 Å². The lowest BCUT2D eigenvalue weighted by atomic mass is 9.87. The van der Waals surface area contributed by atoms with E-state index >= 15 is 0 Å². The zero-order valence-corrected chi connectivity index (χ0v) is 14.9. The van der Waals surface area contributed by atoms with Gasteiger partial charge in [0.1, 0.15) is 18.1 Å². The van der Waals surface area contributed by atoms with Gasteiger partial charge in [-0.3, -0.25) is 4.98 Å². The molecule has 1 aromatic heterocycles. The third kappa shape index (κ3) is 4.05. The zero-order chi connectivity index (χ0) is 18.4. The summed E-state index contributed by atoms with van der Waals surface area (Å²) in [6.45, 7) is 2.14. The van der Waals surface area contributed by atoms with Crippen LogP contribution < -0.4 is 20.5 Å². The molecule has 2 heterocycles. The molecule has 0 spiro atoms. The number of nitrogens with two attached hydrogens (primary N) is 1. The van der Waals surface area contributed by atoms with Crippen molar-refractivity contribution >= 4 is 6.03 Å². The van der Waals surface area contributed by atoms with Crippen molar-refractivity contribution in [2.24, 2.45) is 5.73 Å². The molecule has 2 aromatic rings. The van der Waals surface area contributed by atoms with Crippen molar-refractivity contribution in [1.82, 2.24) is 15.2 Å². The lowest BCUT2D eigenvalue weighted by molar-refractivity contribution is 0.0492. The van der Waals surface area contributed by atoms with Crippen LogP contribution in [-0.4, -0.2) is 54.8 Å². The first kappa shape index (κ1) is 18.0. The summed E-state index contributed by atoms with van der Waals surface area (Å²) in [5.74, 6) is 1.44. The summed E-state index contributed by atoms with van der Waals surface area (Å²) in [6, 6.07) is 11.0. The van der Waals surface area contributed by atoms with Crippen molar-refractivity contribution in [2.75, 3.05) is 33.4 Å². The van der Waals surface area contributed by atoms with Gasteiger partial charge in [-0.25, -0.2) is 4.79 Å². The second kappa shape index (κ2) is 8.05. The van der Waals surface area contributed by atoms with Gasteiger partial charge in [0.05, 0.1) is 18.8 Å². The van der Waals surface area contributed by atoms with Gasteiger partial charge in [-0.1, -0.05) is 12.1 Å². The number of hydrogen-bond donors (Lipinski definition) is 2. The van der Waals surface area contributed by atoms with Crippen LogP contribution in [0.5, 0.6) is 11.5 Å². The molecule has 1 atom stereocenters. The van der Waals surface area contributed by atoms with E-state index in [2.05, 4.69) is 10.3 Å². The molecule has 1 fully saturated rings. The quantitative estimate of drug-likeness (QED) is 0.817. The van der Waals surface area contributed by atoms with E-state index in [1.165, 1.54) is 0 Å². The van der Waals surface area contributed by atoms with Crippen molar-refractivity contribution in [1.29, 1.82) is 0 Å². The monoisotopic (exact) mass is 356 g/mol. The first-order valence-corrected chi connectivity index (χ1v) is 8.56. The summed E-state index contributed by atoms with van der Waals surface area (Å²) in [5, 5.41) is 3.37. The summed E-state index contributed by atoms with van der Waals surface area (Å²) in [5.41, 5.74) is 6.15. The molecule has 1 aliphatic rings. The fraction of sp³-hybridized carbons (Fsp3) is 0.368. The fourth-order valence-corrected chi connectivity index (χ4v) is 3.34. The largest absolute Gasteiger partial charge is 0.497 e. The first-order valence-electron chi connectivity index (χ1n) is 8.56. The van der Waals surface area contributed by atoms with Crippen LogP contribution in [-0.2, 0) is 6.42 Å². The number of benzene rings is 1. The standard InChI is InChI=1S/C19H24N4O3/c1-25-16-5-2-4-15(10-16)11-19(13-22-8-9-23(19)18(20)24)14-26-17-6-3-7-21-12-17/h2-7,10,12,22H,8-9,11,13-14H2,1H3,(H2,20,24)/t19-/m1/s1. The van der Waals surface area contributed by atoms with Crippen LogP contribution in [0.3, 0.4) is 0 Å². The molecule has 7 nitrogen and oxygen atoms in total. The smallest absolute Gasteiger partial charge is 0.315 e. The van der Waals surface area contributed by atoms with Crippen LogP contribution in [0.1, 0.15) is 5.56 Å². The Morgan fingerprint density at radius 3 is 2.92 bits per heavy atom. The predicted octanol–water partition coefficient (Wildman–Crippen LogP) is 1.43. The minimum Gasteiger partial charge on any atom is -0.497 e. The van der Waals surface area contributed by atoms with Gasteiger partial charge in [-0.2, -0.15) is 0 Å². The summed E-state index contributed by atoms with van der Waals surface area (Å²) < 4.78 is 11.3. The molecule has 2 amide bonds. The number of pyridine rings is 1. The van der Waals surface area contributed by atoms with Gasteiger partial charge < -0.3 is 25.4 Å². The average Bonchev–Trinajstić information content (AvgIpc) is 2.67. The molecule has 138 valence electrons. The minimum absolute atomic E-state index is 0.311. The van der Waals surface area contributed by atoms with Crippen molar-refractivity contribution < 1.29 is 14.3 Å². The SMILES string of the molecule is COc1cccc(C[C@]2(COc3cccnc3)CNCCN2C(N)=O)c1. The maximum Gasteiger partial charge on any atom is 0.315 e. The number of carbonyl (C=O) groups is 1. The molecule has 0 unspecified atom stereocenters. The van der Waals surface area contributed by atoms with E-state index in [-0.39, 0.29) is 0 Å². The molecule has 1 aromatic carbocycles. The van der Waals surface area contributed by atoms with Crippen molar-refractivity contribution in [3.05, 3.63) is 54.4 Å². The topological polar surface area (TPSA) is 89.7 Å². The van der Waals surface area contributed by atoms with Gasteiger partial charge in [0.15, 0.2) is 0 Å². The molecule has 0 radical (unpaired) electrons. The Kier molecular flexibility index (Phi) is 5.58. The lowest BCUT2D eigenvalue weighted by Crippen LogP contribution is -2.67. The van der Waals surface area contributed by atoms with E-state index in [0.717, 1.165) is 11.3 Å². The molecular formula is C19H24N4O3. The predicted molar refractivity (Wildman–Crippen MR) is 98.3 cm³/mol. The van der Waals surface area contributed by atoms with Gasteiger partial charge in [0.2, 0.25) is 0 Å². The van der Waals surface area contributed by atoms with E-state index in [1.54, 1.807) is 24.4 Å². The van der Waals surface area contributed by atoms with Gasteiger partial charge in [0.25, 0.3) is 0 Å². The number of urea groups is 1. The van der Waals surface area contributed by atoms with Crippen LogP contribution in [0.15, 0.2) is 48.8 Å². The summed E-state index contributed by atoms with van der Waals surface area (Å²) >= 11 is 0. The molecule has 0 saturated carbocycles. The number of piperazine rings is 1. The second-order valence-electron chi connectivity index (χ2n) is 6.40. The van der Waals surface area contributed by atoms with E-state index in [4.69, 9.17) is 15.2 Å². The van der Waals surface area contributed by atoms with Crippen LogP contribution in [0.25, 0.3) is 0 Å². The van der Waals surface area contributed by atoms with E-state index in [0.29, 0.717) is 38.4 Å². The van der Waals surface area contributed by atoms with Gasteiger partial charge in [-0.15, -0.1) is 0 Å². The third-order valence-corrected chi connectivity index (χ3v) is 4.61. The van der Waals surface area contributed by atoms with Crippen molar-refractivity contribution in [3.63, 3.8) is 0 Å². The van der Waals surface area contributed by atoms with E-state index in [1.807, 2.05) is 36.4 Å². The molecule has 1 aliphatic heterocycles. The normalized spacial score (nSPS) is 19.8. The highest BCUT2D eigenvalue weighted by atomic mass is 16.5. The highest BCUT2D eigenvalue weighted by Gasteiger charge is 2.42. The van der Waals surface area contributed by atoms with Gasteiger partial charge in [0, 0.05) is 32.3 Å². The Morgan fingerprint density at radius 2 is 2.19 bits per heavy atom. The Bertz CT molecular complexity index is 741. The Morgan fingerprint density at radius 1 is 1.35 bits per heavy atom. The average molecular weight is 356 g/mol. The summed E-state index contributed by atoms with van der Waals surface area (Å²) in [6.07, 6.45) is 3.95. The lowest BCUT2D eigenvalue weighted by Gasteiger charge is -2.46. The summed E-state index contributed by atoms with van der Waals surface area (Å²) in [7, 11) is 1.64. The molecule has 26 heavy (non-hydrogen) atoms. The second-order valence-corrected chi connectivity index (χ2v) is 6.40. The molecule has 0 bridgehead atoms. The number of aromatic nitrogens is 1.